The Morgan fingerprint density at radius 1 is 0.800 bits per heavy atom. The van der Waals surface area contributed by atoms with E-state index < -0.39 is 47.7 Å². The zero-order valence-corrected chi connectivity index (χ0v) is 16.1. The van der Waals surface area contributed by atoms with Gasteiger partial charge in [0.05, 0.1) is 24.0 Å². The number of amides is 4. The van der Waals surface area contributed by atoms with Crippen molar-refractivity contribution in [1.29, 1.82) is 0 Å². The molecule has 0 bridgehead atoms. The Kier molecular flexibility index (Phi) is 9.23. The summed E-state index contributed by atoms with van der Waals surface area (Å²) in [5, 5.41) is 20.8. The SMILES string of the molecule is CC(=O)N1C(=O)CCC1C(=O)[O-].CC(=O)N1C(=O)CCC1C(=O)[O-].[Ca+2]. The molecule has 25 heavy (non-hydrogen) atoms. The van der Waals surface area contributed by atoms with Crippen LogP contribution < -0.4 is 10.2 Å². The first kappa shape index (κ1) is 23.5. The summed E-state index contributed by atoms with van der Waals surface area (Å²) in [5.41, 5.74) is 0. The molecule has 4 amide bonds. The van der Waals surface area contributed by atoms with Crippen molar-refractivity contribution < 1.29 is 39.0 Å². The molecule has 2 fully saturated rings. The number of carbonyl (C=O) groups excluding carboxylic acids is 6. The fraction of sp³-hybridized carbons (Fsp3) is 0.571. The first-order chi connectivity index (χ1) is 11.1. The van der Waals surface area contributed by atoms with Crippen molar-refractivity contribution in [1.82, 2.24) is 9.80 Å². The number of likely N-dealkylation sites (tertiary alicyclic amines) is 2. The Balaban J connectivity index is 0.000000443. The van der Waals surface area contributed by atoms with Crippen LogP contribution >= 0.6 is 0 Å². The third kappa shape index (κ3) is 5.75. The first-order valence-electron chi connectivity index (χ1n) is 7.14. The van der Waals surface area contributed by atoms with Crippen LogP contribution in [0.3, 0.4) is 0 Å². The van der Waals surface area contributed by atoms with E-state index in [0.29, 0.717) is 0 Å². The second-order valence-electron chi connectivity index (χ2n) is 5.31. The molecular formula is C14H16CaN2O8. The summed E-state index contributed by atoms with van der Waals surface area (Å²) in [6, 6.07) is -2.12. The fourth-order valence-corrected chi connectivity index (χ4v) is 2.60. The predicted octanol–water partition coefficient (Wildman–Crippen LogP) is -3.83. The van der Waals surface area contributed by atoms with Gasteiger partial charge in [0, 0.05) is 26.7 Å². The number of hydrogen-bond acceptors (Lipinski definition) is 8. The minimum atomic E-state index is -1.36. The quantitative estimate of drug-likeness (QED) is 0.441. The van der Waals surface area contributed by atoms with Gasteiger partial charge in [-0.1, -0.05) is 0 Å². The predicted molar refractivity (Wildman–Crippen MR) is 76.9 cm³/mol. The van der Waals surface area contributed by atoms with Gasteiger partial charge in [0.1, 0.15) is 0 Å². The molecule has 0 aliphatic carbocycles. The van der Waals surface area contributed by atoms with Crippen LogP contribution in [0.1, 0.15) is 39.5 Å². The molecule has 2 heterocycles. The largest absolute Gasteiger partial charge is 2.00 e. The topological polar surface area (TPSA) is 155 Å². The second-order valence-corrected chi connectivity index (χ2v) is 5.31. The summed E-state index contributed by atoms with van der Waals surface area (Å²) in [5.74, 6) is -4.67. The van der Waals surface area contributed by atoms with Gasteiger partial charge in [-0.2, -0.15) is 0 Å². The van der Waals surface area contributed by atoms with E-state index in [4.69, 9.17) is 0 Å². The number of imide groups is 2. The molecule has 0 N–H and O–H groups in total. The number of rotatable bonds is 2. The van der Waals surface area contributed by atoms with Gasteiger partial charge in [-0.25, -0.2) is 0 Å². The zero-order valence-electron chi connectivity index (χ0n) is 13.9. The van der Waals surface area contributed by atoms with Gasteiger partial charge < -0.3 is 19.8 Å². The third-order valence-corrected chi connectivity index (χ3v) is 3.65. The molecule has 0 aromatic carbocycles. The molecule has 2 rings (SSSR count). The van der Waals surface area contributed by atoms with Crippen LogP contribution in [-0.4, -0.2) is 95.2 Å². The number of aliphatic carboxylic acids is 2. The average Bonchev–Trinajstić information content (AvgIpc) is 3.02. The fourth-order valence-electron chi connectivity index (χ4n) is 2.60. The second kappa shape index (κ2) is 9.83. The molecule has 2 atom stereocenters. The summed E-state index contributed by atoms with van der Waals surface area (Å²) in [4.78, 5) is 65.8. The summed E-state index contributed by atoms with van der Waals surface area (Å²) < 4.78 is 0. The molecule has 0 saturated carbocycles. The van der Waals surface area contributed by atoms with E-state index in [1.165, 1.54) is 13.8 Å². The summed E-state index contributed by atoms with van der Waals surface area (Å²) in [7, 11) is 0. The maximum Gasteiger partial charge on any atom is 2.00 e. The smallest absolute Gasteiger partial charge is 0.548 e. The van der Waals surface area contributed by atoms with Gasteiger partial charge in [0.2, 0.25) is 23.6 Å². The van der Waals surface area contributed by atoms with E-state index in [0.717, 1.165) is 9.80 Å². The van der Waals surface area contributed by atoms with Gasteiger partial charge in [-0.15, -0.1) is 0 Å². The van der Waals surface area contributed by atoms with E-state index in [1.807, 2.05) is 0 Å². The van der Waals surface area contributed by atoms with E-state index >= 15 is 0 Å². The molecule has 10 nitrogen and oxygen atoms in total. The molecule has 2 aliphatic heterocycles. The van der Waals surface area contributed by atoms with E-state index in [1.54, 1.807) is 0 Å². The first-order valence-corrected chi connectivity index (χ1v) is 7.14. The van der Waals surface area contributed by atoms with Crippen LogP contribution in [-0.2, 0) is 28.8 Å². The van der Waals surface area contributed by atoms with Crippen molar-refractivity contribution in [3.8, 4) is 0 Å². The van der Waals surface area contributed by atoms with Crippen LogP contribution in [0.25, 0.3) is 0 Å². The van der Waals surface area contributed by atoms with Gasteiger partial charge in [0.25, 0.3) is 0 Å². The van der Waals surface area contributed by atoms with Gasteiger partial charge in [-0.05, 0) is 12.8 Å². The Morgan fingerprint density at radius 3 is 1.24 bits per heavy atom. The number of carboxylic acids is 2. The minimum absolute atomic E-state index is 0. The Bertz CT molecular complexity index is 554. The summed E-state index contributed by atoms with van der Waals surface area (Å²) in [6.07, 6.45) is 0.554. The molecule has 0 aromatic heterocycles. The van der Waals surface area contributed by atoms with Crippen LogP contribution in [0.15, 0.2) is 0 Å². The van der Waals surface area contributed by atoms with Gasteiger partial charge in [0.15, 0.2) is 0 Å². The van der Waals surface area contributed by atoms with Crippen LogP contribution in [0.4, 0.5) is 0 Å². The monoisotopic (exact) mass is 380 g/mol. The summed E-state index contributed by atoms with van der Waals surface area (Å²) >= 11 is 0. The molecule has 11 heteroatoms. The Labute approximate surface area is 173 Å². The van der Waals surface area contributed by atoms with E-state index in [9.17, 15) is 39.0 Å². The van der Waals surface area contributed by atoms with Crippen LogP contribution in [0, 0.1) is 0 Å². The minimum Gasteiger partial charge on any atom is -0.548 e. The molecule has 0 radical (unpaired) electrons. The van der Waals surface area contributed by atoms with E-state index in [-0.39, 0.29) is 63.4 Å². The van der Waals surface area contributed by atoms with Gasteiger partial charge in [-0.3, -0.25) is 29.0 Å². The van der Waals surface area contributed by atoms with Crippen LogP contribution in [0.5, 0.6) is 0 Å². The standard InChI is InChI=1S/2C7H9NO4.Ca/c2*1-4(9)8-5(7(11)12)2-3-6(8)10;/h2*5H,2-3H2,1H3,(H,11,12);/q;;+2/p-2. The Morgan fingerprint density at radius 2 is 1.08 bits per heavy atom. The van der Waals surface area contributed by atoms with Crippen molar-refractivity contribution in [2.75, 3.05) is 0 Å². The zero-order chi connectivity index (χ0) is 18.6. The number of carboxylic acid groups (broad SMARTS) is 2. The molecule has 2 aliphatic rings. The average molecular weight is 380 g/mol. The maximum atomic E-state index is 10.9. The summed E-state index contributed by atoms with van der Waals surface area (Å²) in [6.45, 7) is 2.33. The Hall–Kier alpha value is -1.52. The number of hydrogen-bond donors (Lipinski definition) is 0. The van der Waals surface area contributed by atoms with Crippen molar-refractivity contribution in [2.24, 2.45) is 0 Å². The van der Waals surface area contributed by atoms with Crippen LogP contribution in [0.2, 0.25) is 0 Å². The molecule has 0 aromatic rings. The van der Waals surface area contributed by atoms with Gasteiger partial charge >= 0.3 is 37.7 Å². The molecule has 0 spiro atoms. The molecule has 2 saturated heterocycles. The molecule has 132 valence electrons. The normalized spacial score (nSPS) is 22.0. The third-order valence-electron chi connectivity index (χ3n) is 3.65. The van der Waals surface area contributed by atoms with E-state index in [2.05, 4.69) is 0 Å². The molecular weight excluding hydrogens is 364 g/mol. The van der Waals surface area contributed by atoms with Crippen molar-refractivity contribution >= 4 is 73.3 Å². The van der Waals surface area contributed by atoms with Crippen molar-refractivity contribution in [3.63, 3.8) is 0 Å². The number of nitrogens with zero attached hydrogens (tertiary/aromatic N) is 2. The molecule has 2 unspecified atom stereocenters. The van der Waals surface area contributed by atoms with Crippen molar-refractivity contribution in [2.45, 2.75) is 51.6 Å². The van der Waals surface area contributed by atoms with Crippen molar-refractivity contribution in [3.05, 3.63) is 0 Å². The number of carbonyl (C=O) groups is 6. The maximum absolute atomic E-state index is 10.9.